The van der Waals surface area contributed by atoms with E-state index in [9.17, 15) is 9.59 Å². The predicted molar refractivity (Wildman–Crippen MR) is 100 cm³/mol. The van der Waals surface area contributed by atoms with E-state index in [2.05, 4.69) is 5.32 Å². The van der Waals surface area contributed by atoms with Crippen LogP contribution >= 0.6 is 11.6 Å². The number of urea groups is 1. The van der Waals surface area contributed by atoms with Gasteiger partial charge in [-0.15, -0.1) is 0 Å². The number of nitrogens with zero attached hydrogens (tertiary/aromatic N) is 2. The molecule has 3 rings (SSSR count). The lowest BCUT2D eigenvalue weighted by Crippen LogP contribution is -2.51. The summed E-state index contributed by atoms with van der Waals surface area (Å²) in [6.07, 6.45) is -0.358. The van der Waals surface area contributed by atoms with E-state index < -0.39 is 0 Å². The topological polar surface area (TPSA) is 61.9 Å². The van der Waals surface area contributed by atoms with Gasteiger partial charge in [0, 0.05) is 36.9 Å². The van der Waals surface area contributed by atoms with E-state index in [4.69, 9.17) is 16.3 Å². The molecule has 26 heavy (non-hydrogen) atoms. The zero-order valence-electron chi connectivity index (χ0n) is 14.2. The van der Waals surface area contributed by atoms with E-state index in [1.54, 1.807) is 34.1 Å². The van der Waals surface area contributed by atoms with E-state index in [0.29, 0.717) is 36.9 Å². The summed E-state index contributed by atoms with van der Waals surface area (Å²) in [4.78, 5) is 27.7. The second-order valence-corrected chi connectivity index (χ2v) is 6.39. The Balaban J connectivity index is 1.44. The van der Waals surface area contributed by atoms with Crippen LogP contribution in [0.2, 0.25) is 5.02 Å². The van der Waals surface area contributed by atoms with Gasteiger partial charge in [-0.2, -0.15) is 0 Å². The van der Waals surface area contributed by atoms with Gasteiger partial charge in [-0.25, -0.2) is 9.59 Å². The molecule has 0 bridgehead atoms. The number of anilines is 1. The SMILES string of the molecule is O=C(Nc1cccc(Cl)c1)N1CCN(C(=O)OCc2ccccc2)CC1. The number of hydrogen-bond donors (Lipinski definition) is 1. The molecule has 3 amide bonds. The highest BCUT2D eigenvalue weighted by atomic mass is 35.5. The van der Waals surface area contributed by atoms with E-state index in [-0.39, 0.29) is 18.7 Å². The molecule has 0 aliphatic carbocycles. The smallest absolute Gasteiger partial charge is 0.410 e. The summed E-state index contributed by atoms with van der Waals surface area (Å²) in [7, 11) is 0. The molecular formula is C19H20ClN3O3. The van der Waals surface area contributed by atoms with Crippen molar-refractivity contribution in [1.82, 2.24) is 9.80 Å². The molecule has 7 heteroatoms. The quantitative estimate of drug-likeness (QED) is 0.889. The first kappa shape index (κ1) is 18.1. The third kappa shape index (κ3) is 4.89. The van der Waals surface area contributed by atoms with Crippen LogP contribution in [0.15, 0.2) is 54.6 Å². The van der Waals surface area contributed by atoms with Crippen molar-refractivity contribution in [3.63, 3.8) is 0 Å². The molecular weight excluding hydrogens is 354 g/mol. The van der Waals surface area contributed by atoms with E-state index in [1.165, 1.54) is 0 Å². The zero-order valence-corrected chi connectivity index (χ0v) is 15.0. The van der Waals surface area contributed by atoms with Gasteiger partial charge in [0.1, 0.15) is 6.61 Å². The summed E-state index contributed by atoms with van der Waals surface area (Å²) >= 11 is 5.92. The van der Waals surface area contributed by atoms with Gasteiger partial charge in [-0.1, -0.05) is 48.0 Å². The number of hydrogen-bond acceptors (Lipinski definition) is 3. The summed E-state index contributed by atoms with van der Waals surface area (Å²) in [6, 6.07) is 16.3. The lowest BCUT2D eigenvalue weighted by Gasteiger charge is -2.34. The second kappa shape index (κ2) is 8.58. The van der Waals surface area contributed by atoms with Crippen LogP contribution in [0.3, 0.4) is 0 Å². The molecule has 2 aromatic carbocycles. The van der Waals surface area contributed by atoms with Gasteiger partial charge >= 0.3 is 12.1 Å². The third-order valence-electron chi connectivity index (χ3n) is 4.11. The maximum absolute atomic E-state index is 12.3. The molecule has 1 aliphatic heterocycles. The van der Waals surface area contributed by atoms with Crippen molar-refractivity contribution in [2.75, 3.05) is 31.5 Å². The minimum atomic E-state index is -0.358. The van der Waals surface area contributed by atoms with Crippen molar-refractivity contribution in [3.8, 4) is 0 Å². The van der Waals surface area contributed by atoms with Crippen molar-refractivity contribution < 1.29 is 14.3 Å². The molecule has 0 atom stereocenters. The van der Waals surface area contributed by atoms with Gasteiger partial charge in [-0.3, -0.25) is 0 Å². The molecule has 0 aromatic heterocycles. The maximum Gasteiger partial charge on any atom is 0.410 e. The van der Waals surface area contributed by atoms with Crippen LogP contribution in [-0.4, -0.2) is 48.1 Å². The van der Waals surface area contributed by atoms with Crippen LogP contribution < -0.4 is 5.32 Å². The van der Waals surface area contributed by atoms with Gasteiger partial charge in [-0.05, 0) is 23.8 Å². The molecule has 2 aromatic rings. The van der Waals surface area contributed by atoms with Crippen molar-refractivity contribution in [3.05, 3.63) is 65.2 Å². The van der Waals surface area contributed by atoms with Crippen molar-refractivity contribution in [2.45, 2.75) is 6.61 Å². The Hall–Kier alpha value is -2.73. The Kier molecular flexibility index (Phi) is 5.96. The zero-order chi connectivity index (χ0) is 18.4. The Morgan fingerprint density at radius 2 is 1.65 bits per heavy atom. The van der Waals surface area contributed by atoms with Crippen LogP contribution in [0.25, 0.3) is 0 Å². The van der Waals surface area contributed by atoms with Crippen LogP contribution in [0, 0.1) is 0 Å². The molecule has 0 unspecified atom stereocenters. The highest BCUT2D eigenvalue weighted by molar-refractivity contribution is 6.30. The molecule has 1 N–H and O–H groups in total. The average Bonchev–Trinajstić information content (AvgIpc) is 2.67. The molecule has 1 saturated heterocycles. The standard InChI is InChI=1S/C19H20ClN3O3/c20-16-7-4-8-17(13-16)21-18(24)22-9-11-23(12-10-22)19(25)26-14-15-5-2-1-3-6-15/h1-8,13H,9-12,14H2,(H,21,24). The van der Waals surface area contributed by atoms with Gasteiger partial charge in [0.15, 0.2) is 0 Å². The number of benzene rings is 2. The number of amides is 3. The summed E-state index contributed by atoms with van der Waals surface area (Å²) in [5, 5.41) is 3.37. The fourth-order valence-corrected chi connectivity index (χ4v) is 2.86. The first-order valence-electron chi connectivity index (χ1n) is 8.39. The summed E-state index contributed by atoms with van der Waals surface area (Å²) < 4.78 is 5.33. The Labute approximate surface area is 157 Å². The maximum atomic E-state index is 12.3. The molecule has 0 radical (unpaired) electrons. The Bertz CT molecular complexity index is 762. The highest BCUT2D eigenvalue weighted by Crippen LogP contribution is 2.16. The minimum Gasteiger partial charge on any atom is -0.445 e. The lowest BCUT2D eigenvalue weighted by atomic mass is 10.2. The fraction of sp³-hybridized carbons (Fsp3) is 0.263. The summed E-state index contributed by atoms with van der Waals surface area (Å²) in [5.41, 5.74) is 1.59. The molecule has 0 spiro atoms. The van der Waals surface area contributed by atoms with Crippen molar-refractivity contribution in [2.24, 2.45) is 0 Å². The number of carbonyl (C=O) groups is 2. The van der Waals surface area contributed by atoms with Crippen LogP contribution in [0.5, 0.6) is 0 Å². The van der Waals surface area contributed by atoms with Crippen molar-refractivity contribution in [1.29, 1.82) is 0 Å². The normalized spacial score (nSPS) is 14.0. The second-order valence-electron chi connectivity index (χ2n) is 5.95. The molecule has 1 heterocycles. The van der Waals surface area contributed by atoms with Crippen LogP contribution in [0.1, 0.15) is 5.56 Å². The molecule has 136 valence electrons. The molecule has 1 fully saturated rings. The molecule has 0 saturated carbocycles. The average molecular weight is 374 g/mol. The first-order valence-corrected chi connectivity index (χ1v) is 8.77. The number of ether oxygens (including phenoxy) is 1. The molecule has 6 nitrogen and oxygen atoms in total. The first-order chi connectivity index (χ1) is 12.6. The number of piperazine rings is 1. The number of carbonyl (C=O) groups excluding carboxylic acids is 2. The number of rotatable bonds is 3. The summed E-state index contributed by atoms with van der Waals surface area (Å²) in [5.74, 6) is 0. The highest BCUT2D eigenvalue weighted by Gasteiger charge is 2.25. The molecule has 1 aliphatic rings. The van der Waals surface area contributed by atoms with Gasteiger partial charge in [0.2, 0.25) is 0 Å². The summed E-state index contributed by atoms with van der Waals surface area (Å²) in [6.45, 7) is 2.03. The van der Waals surface area contributed by atoms with E-state index in [1.807, 2.05) is 30.3 Å². The Morgan fingerprint density at radius 3 is 2.35 bits per heavy atom. The Morgan fingerprint density at radius 1 is 0.962 bits per heavy atom. The minimum absolute atomic E-state index is 0.204. The van der Waals surface area contributed by atoms with E-state index in [0.717, 1.165) is 5.56 Å². The largest absolute Gasteiger partial charge is 0.445 e. The van der Waals surface area contributed by atoms with Crippen LogP contribution in [0.4, 0.5) is 15.3 Å². The van der Waals surface area contributed by atoms with Gasteiger partial charge in [0.05, 0.1) is 0 Å². The number of halogens is 1. The monoisotopic (exact) mass is 373 g/mol. The predicted octanol–water partition coefficient (Wildman–Crippen LogP) is 3.83. The lowest BCUT2D eigenvalue weighted by molar-refractivity contribution is 0.0782. The third-order valence-corrected chi connectivity index (χ3v) is 4.34. The van der Waals surface area contributed by atoms with Crippen LogP contribution in [-0.2, 0) is 11.3 Å². The fourth-order valence-electron chi connectivity index (χ4n) is 2.67. The van der Waals surface area contributed by atoms with Gasteiger partial charge < -0.3 is 19.9 Å². The number of nitrogens with one attached hydrogen (secondary N) is 1. The van der Waals surface area contributed by atoms with E-state index >= 15 is 0 Å². The van der Waals surface area contributed by atoms with Crippen molar-refractivity contribution >= 4 is 29.4 Å². The van der Waals surface area contributed by atoms with Gasteiger partial charge in [0.25, 0.3) is 0 Å².